The molecule has 3 heterocycles. The first-order chi connectivity index (χ1) is 17.8. The topological polar surface area (TPSA) is 143 Å². The molecule has 1 aliphatic carbocycles. The maximum atomic E-state index is 13.0. The van der Waals surface area contributed by atoms with Crippen molar-refractivity contribution < 1.29 is 18.8 Å². The number of hydrogen-bond donors (Lipinski definition) is 3. The van der Waals surface area contributed by atoms with Crippen LogP contribution < -0.4 is 16.5 Å². The number of nitrogens with two attached hydrogens (primary N) is 1. The van der Waals surface area contributed by atoms with Gasteiger partial charge in [0.05, 0.1) is 5.56 Å². The molecular formula is C27H32N6O4. The average Bonchev–Trinajstić information content (AvgIpc) is 3.41. The van der Waals surface area contributed by atoms with E-state index in [1.807, 2.05) is 6.92 Å². The number of nitrogens with zero attached hydrogens (tertiary/aromatic N) is 3. The van der Waals surface area contributed by atoms with Crippen molar-refractivity contribution in [1.29, 1.82) is 0 Å². The fourth-order valence-corrected chi connectivity index (χ4v) is 4.56. The van der Waals surface area contributed by atoms with Gasteiger partial charge in [-0.05, 0) is 67.1 Å². The first-order valence-corrected chi connectivity index (χ1v) is 12.4. The van der Waals surface area contributed by atoms with Crippen molar-refractivity contribution in [3.8, 4) is 11.5 Å². The molecule has 4 N–H and O–H groups in total. The Morgan fingerprint density at radius 3 is 2.62 bits per heavy atom. The zero-order valence-electron chi connectivity index (χ0n) is 21.1. The number of amides is 3. The molecule has 10 nitrogen and oxygen atoms in total. The molecule has 0 aliphatic heterocycles. The number of aromatic nitrogens is 2. The molecule has 0 bridgehead atoms. The minimum Gasteiger partial charge on any atom is -0.449 e. The van der Waals surface area contributed by atoms with Gasteiger partial charge in [0.25, 0.3) is 17.7 Å². The van der Waals surface area contributed by atoms with E-state index >= 15 is 0 Å². The van der Waals surface area contributed by atoms with Gasteiger partial charge in [0.2, 0.25) is 0 Å². The molecule has 0 saturated heterocycles. The van der Waals surface area contributed by atoms with Crippen LogP contribution in [-0.4, -0.2) is 45.8 Å². The van der Waals surface area contributed by atoms with Crippen LogP contribution in [0, 0.1) is 12.8 Å². The lowest BCUT2D eigenvalue weighted by molar-refractivity contribution is -0.133. The van der Waals surface area contributed by atoms with Gasteiger partial charge in [-0.25, -0.2) is 5.84 Å². The van der Waals surface area contributed by atoms with Gasteiger partial charge in [-0.1, -0.05) is 19.3 Å². The molecule has 0 spiro atoms. The molecule has 10 heteroatoms. The number of furan rings is 1. The van der Waals surface area contributed by atoms with Gasteiger partial charge in [-0.15, -0.1) is 0 Å². The van der Waals surface area contributed by atoms with Crippen molar-refractivity contribution in [1.82, 2.24) is 25.6 Å². The Morgan fingerprint density at radius 2 is 1.89 bits per heavy atom. The summed E-state index contributed by atoms with van der Waals surface area (Å²) < 4.78 is 5.80. The van der Waals surface area contributed by atoms with Crippen LogP contribution in [0.2, 0.25) is 0 Å². The third-order valence-corrected chi connectivity index (χ3v) is 6.52. The molecule has 3 aromatic rings. The second-order valence-corrected chi connectivity index (χ2v) is 9.45. The predicted molar refractivity (Wildman–Crippen MR) is 137 cm³/mol. The van der Waals surface area contributed by atoms with Gasteiger partial charge in [-0.2, -0.15) is 0 Å². The second kappa shape index (κ2) is 11.8. The number of hydrogen-bond acceptors (Lipinski definition) is 7. The molecule has 37 heavy (non-hydrogen) atoms. The van der Waals surface area contributed by atoms with Crippen molar-refractivity contribution >= 4 is 17.7 Å². The number of carbonyl (C=O) groups excluding carboxylic acids is 3. The summed E-state index contributed by atoms with van der Waals surface area (Å²) in [6, 6.07) is 7.86. The van der Waals surface area contributed by atoms with Gasteiger partial charge in [-0.3, -0.25) is 29.4 Å². The summed E-state index contributed by atoms with van der Waals surface area (Å²) in [6.07, 6.45) is 9.72. The largest absolute Gasteiger partial charge is 0.449 e. The molecule has 0 unspecified atom stereocenters. The number of pyridine rings is 2. The number of hydrazine groups is 1. The molecular weight excluding hydrogens is 472 g/mol. The number of carbonyl (C=O) groups is 3. The van der Waals surface area contributed by atoms with Crippen LogP contribution in [0.25, 0.3) is 11.5 Å². The van der Waals surface area contributed by atoms with Crippen LogP contribution in [0.4, 0.5) is 0 Å². The summed E-state index contributed by atoms with van der Waals surface area (Å²) in [4.78, 5) is 46.5. The van der Waals surface area contributed by atoms with E-state index in [0.717, 1.165) is 48.2 Å². The summed E-state index contributed by atoms with van der Waals surface area (Å²) in [5, 5.41) is 6.73. The number of aryl methyl sites for hydroxylation is 1. The van der Waals surface area contributed by atoms with Crippen molar-refractivity contribution in [2.45, 2.75) is 51.6 Å². The standard InChI is InChI=1S/C27H32N6O4/c1-17-12-20(16-29-14-17)25(34)31-15-18-10-11-30-21(13-18)22-8-9-23(37-22)26(35)32-24(27(36)33(2)28)19-6-4-3-5-7-19/h8-14,16,19,24H,3-7,15,28H2,1-2H3,(H,31,34)(H,32,35)/t24-/m0/s1. The van der Waals surface area contributed by atoms with Gasteiger partial charge in [0.15, 0.2) is 11.5 Å². The fourth-order valence-electron chi connectivity index (χ4n) is 4.56. The molecule has 194 valence electrons. The molecule has 1 fully saturated rings. The van der Waals surface area contributed by atoms with Crippen LogP contribution in [-0.2, 0) is 11.3 Å². The van der Waals surface area contributed by atoms with E-state index in [-0.39, 0.29) is 30.0 Å². The number of nitrogens with one attached hydrogen (secondary N) is 2. The van der Waals surface area contributed by atoms with Gasteiger partial charge >= 0.3 is 0 Å². The predicted octanol–water partition coefficient (Wildman–Crippen LogP) is 2.99. The highest BCUT2D eigenvalue weighted by Gasteiger charge is 2.33. The molecule has 0 radical (unpaired) electrons. The molecule has 3 amide bonds. The van der Waals surface area contributed by atoms with E-state index in [0.29, 0.717) is 17.0 Å². The van der Waals surface area contributed by atoms with Gasteiger partial charge in [0, 0.05) is 32.2 Å². The Bertz CT molecular complexity index is 1270. The zero-order chi connectivity index (χ0) is 26.4. The Balaban J connectivity index is 1.42. The first-order valence-electron chi connectivity index (χ1n) is 12.4. The minimum atomic E-state index is -0.704. The summed E-state index contributed by atoms with van der Waals surface area (Å²) in [5.41, 5.74) is 2.72. The van der Waals surface area contributed by atoms with Crippen LogP contribution in [0.15, 0.2) is 53.3 Å². The first kappa shape index (κ1) is 26.0. The fraction of sp³-hybridized carbons (Fsp3) is 0.370. The van der Waals surface area contributed by atoms with Crippen LogP contribution in [0.3, 0.4) is 0 Å². The van der Waals surface area contributed by atoms with E-state index < -0.39 is 11.9 Å². The van der Waals surface area contributed by atoms with Crippen LogP contribution >= 0.6 is 0 Å². The number of rotatable bonds is 8. The highest BCUT2D eigenvalue weighted by molar-refractivity contribution is 5.96. The minimum absolute atomic E-state index is 0.0368. The van der Waals surface area contributed by atoms with E-state index in [1.54, 1.807) is 42.7 Å². The van der Waals surface area contributed by atoms with E-state index in [9.17, 15) is 14.4 Å². The maximum absolute atomic E-state index is 13.0. The Labute approximate surface area is 215 Å². The second-order valence-electron chi connectivity index (χ2n) is 9.45. The Kier molecular flexibility index (Phi) is 8.29. The average molecular weight is 505 g/mol. The lowest BCUT2D eigenvalue weighted by Gasteiger charge is -2.31. The highest BCUT2D eigenvalue weighted by Crippen LogP contribution is 2.28. The lowest BCUT2D eigenvalue weighted by Crippen LogP contribution is -2.53. The summed E-state index contributed by atoms with van der Waals surface area (Å²) in [7, 11) is 1.48. The monoisotopic (exact) mass is 504 g/mol. The van der Waals surface area contributed by atoms with Crippen molar-refractivity contribution in [3.63, 3.8) is 0 Å². The Hall–Kier alpha value is -4.05. The molecule has 0 aromatic carbocycles. The zero-order valence-corrected chi connectivity index (χ0v) is 21.1. The third kappa shape index (κ3) is 6.59. The quantitative estimate of drug-likeness (QED) is 0.243. The normalized spacial score (nSPS) is 14.6. The van der Waals surface area contributed by atoms with Crippen LogP contribution in [0.1, 0.15) is 64.1 Å². The van der Waals surface area contributed by atoms with Crippen molar-refractivity contribution in [2.75, 3.05) is 7.05 Å². The SMILES string of the molecule is Cc1cncc(C(=O)NCc2ccnc(-c3ccc(C(=O)N[C@H](C(=O)N(C)N)C4CCCCC4)o3)c2)c1. The molecule has 3 aromatic heterocycles. The van der Waals surface area contributed by atoms with E-state index in [2.05, 4.69) is 20.6 Å². The van der Waals surface area contributed by atoms with Crippen molar-refractivity contribution in [2.24, 2.45) is 11.8 Å². The van der Waals surface area contributed by atoms with Crippen molar-refractivity contribution in [3.05, 3.63) is 71.4 Å². The lowest BCUT2D eigenvalue weighted by atomic mass is 9.83. The van der Waals surface area contributed by atoms with Gasteiger partial charge < -0.3 is 15.1 Å². The van der Waals surface area contributed by atoms with Gasteiger partial charge in [0.1, 0.15) is 11.7 Å². The maximum Gasteiger partial charge on any atom is 0.287 e. The molecule has 1 saturated carbocycles. The third-order valence-electron chi connectivity index (χ3n) is 6.52. The molecule has 1 atom stereocenters. The Morgan fingerprint density at radius 1 is 1.11 bits per heavy atom. The molecule has 4 rings (SSSR count). The van der Waals surface area contributed by atoms with E-state index in [4.69, 9.17) is 10.3 Å². The molecule has 1 aliphatic rings. The summed E-state index contributed by atoms with van der Waals surface area (Å²) in [6.45, 7) is 2.16. The summed E-state index contributed by atoms with van der Waals surface area (Å²) >= 11 is 0. The van der Waals surface area contributed by atoms with Crippen LogP contribution in [0.5, 0.6) is 0 Å². The summed E-state index contributed by atoms with van der Waals surface area (Å²) in [5.74, 6) is 5.19. The number of likely N-dealkylation sites (N-methyl/N-ethyl adjacent to an activating group) is 1. The van der Waals surface area contributed by atoms with E-state index in [1.165, 1.54) is 13.2 Å². The highest BCUT2D eigenvalue weighted by atomic mass is 16.4. The smallest absolute Gasteiger partial charge is 0.287 e.